The van der Waals surface area contributed by atoms with Crippen LogP contribution in [0, 0.1) is 0 Å². The molecule has 0 unspecified atom stereocenters. The van der Waals surface area contributed by atoms with Crippen molar-refractivity contribution in [2.75, 3.05) is 32.8 Å². The van der Waals surface area contributed by atoms with Gasteiger partial charge >= 0.3 is 0 Å². The highest BCUT2D eigenvalue weighted by Gasteiger charge is 2.29. The third-order valence-electron chi connectivity index (χ3n) is 6.80. The minimum Gasteiger partial charge on any atom is -0.378 e. The van der Waals surface area contributed by atoms with Crippen LogP contribution in [0.25, 0.3) is 16.6 Å². The number of ether oxygens (including phenoxy) is 1. The van der Waals surface area contributed by atoms with Gasteiger partial charge in [-0.1, -0.05) is 35.9 Å². The quantitative estimate of drug-likeness (QED) is 0.433. The van der Waals surface area contributed by atoms with Crippen molar-refractivity contribution in [3.8, 4) is 5.69 Å². The number of aromatic nitrogens is 3. The van der Waals surface area contributed by atoms with Crippen molar-refractivity contribution in [2.24, 2.45) is 0 Å². The lowest BCUT2D eigenvalue weighted by Crippen LogP contribution is -2.42. The maximum absolute atomic E-state index is 13.8. The number of pyridine rings is 1. The van der Waals surface area contributed by atoms with Crippen molar-refractivity contribution >= 4 is 28.4 Å². The van der Waals surface area contributed by atoms with Gasteiger partial charge in [-0.15, -0.1) is 0 Å². The molecule has 0 radical (unpaired) electrons. The molecule has 2 aliphatic rings. The van der Waals surface area contributed by atoms with Crippen LogP contribution in [0.15, 0.2) is 60.8 Å². The zero-order valence-corrected chi connectivity index (χ0v) is 20.1. The van der Waals surface area contributed by atoms with E-state index in [1.165, 1.54) is 0 Å². The largest absolute Gasteiger partial charge is 0.378 e. The summed E-state index contributed by atoms with van der Waals surface area (Å²) in [4.78, 5) is 23.0. The first-order valence-corrected chi connectivity index (χ1v) is 12.3. The van der Waals surface area contributed by atoms with Gasteiger partial charge in [0.1, 0.15) is 0 Å². The first-order chi connectivity index (χ1) is 17.2. The van der Waals surface area contributed by atoms with E-state index in [1.54, 1.807) is 0 Å². The van der Waals surface area contributed by atoms with E-state index in [0.717, 1.165) is 52.1 Å². The molecule has 2 aromatic heterocycles. The third-order valence-corrected chi connectivity index (χ3v) is 7.03. The molecule has 1 fully saturated rings. The number of benzene rings is 2. The van der Waals surface area contributed by atoms with Crippen molar-refractivity contribution in [1.29, 1.82) is 0 Å². The highest BCUT2D eigenvalue weighted by atomic mass is 35.5. The fraction of sp³-hybridized carbons (Fsp3) is 0.296. The van der Waals surface area contributed by atoms with Crippen molar-refractivity contribution in [1.82, 2.24) is 24.6 Å². The van der Waals surface area contributed by atoms with E-state index in [2.05, 4.69) is 10.00 Å². The Bertz CT molecular complexity index is 1400. The second kappa shape index (κ2) is 9.41. The zero-order valence-electron chi connectivity index (χ0n) is 19.4. The van der Waals surface area contributed by atoms with Gasteiger partial charge in [0, 0.05) is 67.0 Å². The van der Waals surface area contributed by atoms with Gasteiger partial charge in [-0.25, -0.2) is 4.68 Å². The summed E-state index contributed by atoms with van der Waals surface area (Å²) in [5.74, 6) is 0.0777. The van der Waals surface area contributed by atoms with Gasteiger partial charge in [0.2, 0.25) is 0 Å². The first kappa shape index (κ1) is 22.2. The summed E-state index contributed by atoms with van der Waals surface area (Å²) in [6, 6.07) is 17.7. The van der Waals surface area contributed by atoms with Crippen molar-refractivity contribution in [2.45, 2.75) is 19.5 Å². The number of amides is 1. The Kier molecular flexibility index (Phi) is 5.98. The maximum atomic E-state index is 13.8. The summed E-state index contributed by atoms with van der Waals surface area (Å²) in [6.07, 6.45) is 2.62. The lowest BCUT2D eigenvalue weighted by Gasteiger charge is -2.32. The number of nitrogens with zero attached hydrogens (tertiary/aromatic N) is 5. The molecule has 1 amide bonds. The molecule has 178 valence electrons. The van der Waals surface area contributed by atoms with E-state index in [1.807, 2.05) is 70.4 Å². The van der Waals surface area contributed by atoms with Crippen LogP contribution < -0.4 is 0 Å². The number of rotatable bonds is 4. The molecular weight excluding hydrogens is 462 g/mol. The number of morpholine rings is 1. The van der Waals surface area contributed by atoms with E-state index >= 15 is 0 Å². The number of hydrogen-bond donors (Lipinski definition) is 0. The van der Waals surface area contributed by atoms with Gasteiger partial charge in [-0.05, 0) is 30.3 Å². The summed E-state index contributed by atoms with van der Waals surface area (Å²) in [6.45, 7) is 4.64. The molecule has 6 rings (SSSR count). The summed E-state index contributed by atoms with van der Waals surface area (Å²) in [5.41, 5.74) is 5.76. The number of para-hydroxylation sites is 1. The monoisotopic (exact) mass is 487 g/mol. The van der Waals surface area contributed by atoms with Gasteiger partial charge < -0.3 is 9.64 Å². The Hall–Kier alpha value is -3.26. The van der Waals surface area contributed by atoms with Crippen LogP contribution in [0.5, 0.6) is 0 Å². The molecule has 7 nitrogen and oxygen atoms in total. The highest BCUT2D eigenvalue weighted by Crippen LogP contribution is 2.30. The number of hydrogen-bond acceptors (Lipinski definition) is 5. The average Bonchev–Trinajstić information content (AvgIpc) is 3.35. The topological polar surface area (TPSA) is 63.5 Å². The molecular formula is C27H26ClN5O2. The SMILES string of the molecule is O=C(c1c2c(nc3ccccc13)CCN(Cc1ccnn1-c1cccc(Cl)c1)C2)N1CCOCC1. The summed E-state index contributed by atoms with van der Waals surface area (Å²) < 4.78 is 7.42. The van der Waals surface area contributed by atoms with E-state index in [4.69, 9.17) is 21.3 Å². The van der Waals surface area contributed by atoms with Crippen LogP contribution in [-0.4, -0.2) is 63.3 Å². The molecule has 4 aromatic rings. The zero-order chi connectivity index (χ0) is 23.8. The lowest BCUT2D eigenvalue weighted by molar-refractivity contribution is 0.0302. The summed E-state index contributed by atoms with van der Waals surface area (Å²) in [5, 5.41) is 6.14. The second-order valence-electron chi connectivity index (χ2n) is 9.01. The Labute approximate surface area is 208 Å². The Morgan fingerprint density at radius 2 is 1.89 bits per heavy atom. The number of halogens is 1. The van der Waals surface area contributed by atoms with Crippen LogP contribution in [0.4, 0.5) is 0 Å². The van der Waals surface area contributed by atoms with Crippen LogP contribution in [0.3, 0.4) is 0 Å². The molecule has 0 N–H and O–H groups in total. The molecule has 2 aliphatic heterocycles. The molecule has 0 saturated carbocycles. The molecule has 0 aliphatic carbocycles. The Balaban J connectivity index is 1.34. The molecule has 0 atom stereocenters. The van der Waals surface area contributed by atoms with Gasteiger partial charge in [0.05, 0.1) is 35.7 Å². The molecule has 2 aromatic carbocycles. The van der Waals surface area contributed by atoms with E-state index in [0.29, 0.717) is 44.4 Å². The normalized spacial score (nSPS) is 16.4. The van der Waals surface area contributed by atoms with Crippen LogP contribution in [0.1, 0.15) is 27.3 Å². The van der Waals surface area contributed by atoms with E-state index in [-0.39, 0.29) is 5.91 Å². The third kappa shape index (κ3) is 4.31. The fourth-order valence-electron chi connectivity index (χ4n) is 5.07. The standard InChI is InChI=1S/C27H26ClN5O2/c28-19-4-3-5-20(16-19)33-21(8-10-29-33)17-31-11-9-25-23(18-31)26(22-6-1-2-7-24(22)30-25)27(34)32-12-14-35-15-13-32/h1-8,10,16H,9,11-15,17-18H2. The predicted molar refractivity (Wildman–Crippen MR) is 135 cm³/mol. The average molecular weight is 488 g/mol. The summed E-state index contributed by atoms with van der Waals surface area (Å²) >= 11 is 6.22. The Morgan fingerprint density at radius 3 is 2.74 bits per heavy atom. The predicted octanol–water partition coefficient (Wildman–Crippen LogP) is 4.10. The smallest absolute Gasteiger partial charge is 0.255 e. The second-order valence-corrected chi connectivity index (χ2v) is 9.45. The van der Waals surface area contributed by atoms with Gasteiger partial charge in [-0.3, -0.25) is 14.7 Å². The molecule has 8 heteroatoms. The highest BCUT2D eigenvalue weighted by molar-refractivity contribution is 6.30. The fourth-order valence-corrected chi connectivity index (χ4v) is 5.25. The van der Waals surface area contributed by atoms with Gasteiger partial charge in [0.15, 0.2) is 0 Å². The van der Waals surface area contributed by atoms with Gasteiger partial charge in [0.25, 0.3) is 5.91 Å². The maximum Gasteiger partial charge on any atom is 0.255 e. The van der Waals surface area contributed by atoms with Crippen LogP contribution in [-0.2, 0) is 24.2 Å². The first-order valence-electron chi connectivity index (χ1n) is 12.0. The molecule has 0 spiro atoms. The van der Waals surface area contributed by atoms with Gasteiger partial charge in [-0.2, -0.15) is 5.10 Å². The minimum absolute atomic E-state index is 0.0777. The van der Waals surface area contributed by atoms with E-state index < -0.39 is 0 Å². The van der Waals surface area contributed by atoms with Crippen molar-refractivity contribution in [3.63, 3.8) is 0 Å². The Morgan fingerprint density at radius 1 is 1.03 bits per heavy atom. The summed E-state index contributed by atoms with van der Waals surface area (Å²) in [7, 11) is 0. The van der Waals surface area contributed by atoms with Crippen molar-refractivity contribution < 1.29 is 9.53 Å². The minimum atomic E-state index is 0.0777. The van der Waals surface area contributed by atoms with Crippen molar-refractivity contribution in [3.05, 3.63) is 88.3 Å². The number of fused-ring (bicyclic) bond motifs is 2. The number of carbonyl (C=O) groups excluding carboxylic acids is 1. The molecule has 35 heavy (non-hydrogen) atoms. The molecule has 1 saturated heterocycles. The number of carbonyl (C=O) groups is 1. The molecule has 0 bridgehead atoms. The molecule has 4 heterocycles. The van der Waals surface area contributed by atoms with Crippen LogP contribution >= 0.6 is 11.6 Å². The van der Waals surface area contributed by atoms with Crippen LogP contribution in [0.2, 0.25) is 5.02 Å². The van der Waals surface area contributed by atoms with E-state index in [9.17, 15) is 4.79 Å². The lowest BCUT2D eigenvalue weighted by atomic mass is 9.94.